The molecule has 0 spiro atoms. The molecule has 1 aromatic carbocycles. The smallest absolute Gasteiger partial charge is 0.131 e. The summed E-state index contributed by atoms with van der Waals surface area (Å²) < 4.78 is 0. The summed E-state index contributed by atoms with van der Waals surface area (Å²) in [4.78, 5) is 9.23. The molecule has 0 bridgehead atoms. The predicted octanol–water partition coefficient (Wildman–Crippen LogP) is 5.48. The van der Waals surface area contributed by atoms with Gasteiger partial charge in [-0.25, -0.2) is 9.97 Å². The van der Waals surface area contributed by atoms with Crippen molar-refractivity contribution in [3.63, 3.8) is 0 Å². The molecule has 1 aromatic heterocycles. The van der Waals surface area contributed by atoms with Crippen LogP contribution in [0.4, 0.5) is 0 Å². The first kappa shape index (κ1) is 15.2. The highest BCUT2D eigenvalue weighted by Crippen LogP contribution is 2.35. The minimum absolute atomic E-state index is 0.493. The molecule has 1 aliphatic rings. The average Bonchev–Trinajstić information content (AvgIpc) is 2.57. The molecule has 2 nitrogen and oxygen atoms in total. The number of aromatic nitrogens is 2. The summed E-state index contributed by atoms with van der Waals surface area (Å²) in [5, 5.41) is 0. The lowest BCUT2D eigenvalue weighted by atomic mass is 9.81. The quantitative estimate of drug-likeness (QED) is 0.750. The van der Waals surface area contributed by atoms with Crippen LogP contribution in [0.2, 0.25) is 0 Å². The van der Waals surface area contributed by atoms with Crippen LogP contribution in [-0.2, 0) is 0 Å². The molecule has 0 N–H and O–H groups in total. The van der Waals surface area contributed by atoms with Gasteiger partial charge >= 0.3 is 0 Å². The minimum atomic E-state index is 0.493. The molecular formula is C19H21ClN2. The maximum atomic E-state index is 5.67. The van der Waals surface area contributed by atoms with Gasteiger partial charge in [-0.2, -0.15) is 0 Å². The van der Waals surface area contributed by atoms with Gasteiger partial charge in [0.05, 0.1) is 0 Å². The van der Waals surface area contributed by atoms with Gasteiger partial charge in [-0.3, -0.25) is 0 Å². The van der Waals surface area contributed by atoms with Crippen molar-refractivity contribution in [1.29, 1.82) is 0 Å². The van der Waals surface area contributed by atoms with Crippen molar-refractivity contribution in [2.45, 2.75) is 38.5 Å². The second-order valence-electron chi connectivity index (χ2n) is 6.13. The SMILES string of the molecule is Cc1ccc(-c2cnc(C3CCC(C=CCl)CC3)nc2)cc1. The van der Waals surface area contributed by atoms with E-state index in [0.717, 1.165) is 24.2 Å². The maximum absolute atomic E-state index is 5.67. The van der Waals surface area contributed by atoms with Crippen LogP contribution in [0.5, 0.6) is 0 Å². The van der Waals surface area contributed by atoms with Gasteiger partial charge in [-0.1, -0.05) is 47.5 Å². The normalized spacial score (nSPS) is 22.1. The lowest BCUT2D eigenvalue weighted by molar-refractivity contribution is 0.366. The van der Waals surface area contributed by atoms with Gasteiger partial charge in [0.25, 0.3) is 0 Å². The molecule has 3 rings (SSSR count). The van der Waals surface area contributed by atoms with Crippen LogP contribution >= 0.6 is 11.6 Å². The second kappa shape index (κ2) is 7.06. The molecule has 0 saturated heterocycles. The van der Waals surface area contributed by atoms with E-state index in [1.165, 1.54) is 24.0 Å². The van der Waals surface area contributed by atoms with E-state index < -0.39 is 0 Å². The Morgan fingerprint density at radius 2 is 1.59 bits per heavy atom. The Hall–Kier alpha value is -1.67. The van der Waals surface area contributed by atoms with E-state index in [0.29, 0.717) is 11.8 Å². The Labute approximate surface area is 137 Å². The van der Waals surface area contributed by atoms with Gasteiger partial charge in [0.15, 0.2) is 0 Å². The predicted molar refractivity (Wildman–Crippen MR) is 91.9 cm³/mol. The highest BCUT2D eigenvalue weighted by atomic mass is 35.5. The number of halogens is 1. The maximum Gasteiger partial charge on any atom is 0.131 e. The Balaban J connectivity index is 1.68. The Bertz CT molecular complexity index is 623. The minimum Gasteiger partial charge on any atom is -0.240 e. The summed E-state index contributed by atoms with van der Waals surface area (Å²) in [6.07, 6.45) is 10.7. The van der Waals surface area contributed by atoms with Crippen molar-refractivity contribution in [2.24, 2.45) is 5.92 Å². The van der Waals surface area contributed by atoms with E-state index in [2.05, 4.69) is 47.2 Å². The van der Waals surface area contributed by atoms with Crippen LogP contribution in [-0.4, -0.2) is 9.97 Å². The fraction of sp³-hybridized carbons (Fsp3) is 0.368. The molecule has 22 heavy (non-hydrogen) atoms. The van der Waals surface area contributed by atoms with Crippen LogP contribution < -0.4 is 0 Å². The molecule has 1 aliphatic carbocycles. The zero-order valence-corrected chi connectivity index (χ0v) is 13.6. The largest absolute Gasteiger partial charge is 0.240 e. The number of allylic oxidation sites excluding steroid dienone is 1. The monoisotopic (exact) mass is 312 g/mol. The number of rotatable bonds is 3. The number of nitrogens with zero attached hydrogens (tertiary/aromatic N) is 2. The van der Waals surface area contributed by atoms with Gasteiger partial charge in [0, 0.05) is 29.4 Å². The van der Waals surface area contributed by atoms with Gasteiger partial charge < -0.3 is 0 Å². The van der Waals surface area contributed by atoms with Crippen molar-refractivity contribution in [3.05, 3.63) is 59.7 Å². The van der Waals surface area contributed by atoms with Crippen LogP contribution in [0.25, 0.3) is 11.1 Å². The molecule has 0 amide bonds. The molecule has 0 aliphatic heterocycles. The van der Waals surface area contributed by atoms with Crippen molar-refractivity contribution in [3.8, 4) is 11.1 Å². The number of aryl methyl sites for hydroxylation is 1. The highest BCUT2D eigenvalue weighted by molar-refractivity contribution is 6.25. The third-order valence-electron chi connectivity index (χ3n) is 4.54. The van der Waals surface area contributed by atoms with Gasteiger partial charge in [-0.15, -0.1) is 0 Å². The van der Waals surface area contributed by atoms with E-state index >= 15 is 0 Å². The first-order valence-corrected chi connectivity index (χ1v) is 8.36. The van der Waals surface area contributed by atoms with E-state index in [1.807, 2.05) is 12.4 Å². The molecule has 0 radical (unpaired) electrons. The van der Waals surface area contributed by atoms with E-state index in [9.17, 15) is 0 Å². The van der Waals surface area contributed by atoms with Gasteiger partial charge in [-0.05, 0) is 44.1 Å². The Morgan fingerprint density at radius 1 is 0.955 bits per heavy atom. The zero-order valence-electron chi connectivity index (χ0n) is 12.9. The molecule has 1 fully saturated rings. The first-order valence-electron chi connectivity index (χ1n) is 7.92. The standard InChI is InChI=1S/C19H21ClN2/c1-14-2-6-16(7-3-14)18-12-21-19(22-13-18)17-8-4-15(5-9-17)10-11-20/h2-3,6-7,10-13,15,17H,4-5,8-9H2,1H3. The van der Waals surface area contributed by atoms with E-state index in [4.69, 9.17) is 11.6 Å². The lowest BCUT2D eigenvalue weighted by Gasteiger charge is -2.25. The summed E-state index contributed by atoms with van der Waals surface area (Å²) >= 11 is 5.67. The number of benzene rings is 1. The lowest BCUT2D eigenvalue weighted by Crippen LogP contribution is -2.13. The molecule has 1 heterocycles. The van der Waals surface area contributed by atoms with Gasteiger partial charge in [0.1, 0.15) is 5.82 Å². The fourth-order valence-electron chi connectivity index (χ4n) is 3.12. The van der Waals surface area contributed by atoms with Crippen LogP contribution in [0.15, 0.2) is 48.3 Å². The third-order valence-corrected chi connectivity index (χ3v) is 4.68. The average molecular weight is 313 g/mol. The molecule has 2 aromatic rings. The van der Waals surface area contributed by atoms with Crippen molar-refractivity contribution in [1.82, 2.24) is 9.97 Å². The summed E-state index contributed by atoms with van der Waals surface area (Å²) in [6.45, 7) is 2.10. The summed E-state index contributed by atoms with van der Waals surface area (Å²) in [5.74, 6) is 2.11. The van der Waals surface area contributed by atoms with Crippen molar-refractivity contribution >= 4 is 11.6 Å². The van der Waals surface area contributed by atoms with Crippen molar-refractivity contribution in [2.75, 3.05) is 0 Å². The number of hydrogen-bond acceptors (Lipinski definition) is 2. The second-order valence-corrected chi connectivity index (χ2v) is 6.38. The van der Waals surface area contributed by atoms with Crippen molar-refractivity contribution < 1.29 is 0 Å². The first-order chi connectivity index (χ1) is 10.8. The van der Waals surface area contributed by atoms with E-state index in [-0.39, 0.29) is 0 Å². The molecule has 1 saturated carbocycles. The topological polar surface area (TPSA) is 25.8 Å². The fourth-order valence-corrected chi connectivity index (χ4v) is 3.32. The summed E-state index contributed by atoms with van der Waals surface area (Å²) in [7, 11) is 0. The van der Waals surface area contributed by atoms with E-state index in [1.54, 1.807) is 5.54 Å². The van der Waals surface area contributed by atoms with Crippen LogP contribution in [0.3, 0.4) is 0 Å². The highest BCUT2D eigenvalue weighted by Gasteiger charge is 2.22. The van der Waals surface area contributed by atoms with Gasteiger partial charge in [0.2, 0.25) is 0 Å². The zero-order chi connectivity index (χ0) is 15.4. The van der Waals surface area contributed by atoms with Crippen LogP contribution in [0, 0.1) is 12.8 Å². The molecular weight excluding hydrogens is 292 g/mol. The van der Waals surface area contributed by atoms with Crippen LogP contribution in [0.1, 0.15) is 43.0 Å². The molecule has 0 unspecified atom stereocenters. The Morgan fingerprint density at radius 3 is 2.18 bits per heavy atom. The number of hydrogen-bond donors (Lipinski definition) is 0. The summed E-state index contributed by atoms with van der Waals surface area (Å²) in [5.41, 5.74) is 5.18. The third kappa shape index (κ3) is 3.56. The molecule has 0 atom stereocenters. The molecule has 3 heteroatoms. The molecule has 114 valence electrons. The summed E-state index contributed by atoms with van der Waals surface area (Å²) in [6, 6.07) is 8.48. The Kier molecular flexibility index (Phi) is 4.89.